The highest BCUT2D eigenvalue weighted by atomic mass is 16.5. The molecule has 0 saturated carbocycles. The third kappa shape index (κ3) is 5.03. The van der Waals surface area contributed by atoms with Gasteiger partial charge in [-0.15, -0.1) is 0 Å². The van der Waals surface area contributed by atoms with E-state index in [4.69, 9.17) is 10.5 Å². The fourth-order valence-corrected chi connectivity index (χ4v) is 1.73. The van der Waals surface area contributed by atoms with Crippen molar-refractivity contribution in [3.63, 3.8) is 0 Å². The van der Waals surface area contributed by atoms with E-state index in [0.717, 1.165) is 19.3 Å². The van der Waals surface area contributed by atoms with Gasteiger partial charge in [-0.3, -0.25) is 0 Å². The smallest absolute Gasteiger partial charge is 0.222 e. The van der Waals surface area contributed by atoms with Crippen LogP contribution in [0.5, 0.6) is 5.75 Å². The Hall–Kier alpha value is -1.98. The summed E-state index contributed by atoms with van der Waals surface area (Å²) in [6.07, 6.45) is 6.30. The zero-order valence-electron chi connectivity index (χ0n) is 11.7. The molecule has 0 aliphatic carbocycles. The lowest BCUT2D eigenvalue weighted by Gasteiger charge is -2.17. The number of hydrogen-bond donors (Lipinski definition) is 3. The van der Waals surface area contributed by atoms with E-state index in [2.05, 4.69) is 22.2 Å². The number of methoxy groups -OCH3 is 1. The molecule has 19 heavy (non-hydrogen) atoms. The van der Waals surface area contributed by atoms with E-state index in [-0.39, 0.29) is 17.7 Å². The van der Waals surface area contributed by atoms with Gasteiger partial charge in [0.1, 0.15) is 0 Å². The van der Waals surface area contributed by atoms with Crippen LogP contribution in [0.2, 0.25) is 0 Å². The highest BCUT2D eigenvalue weighted by molar-refractivity contribution is 5.52. The summed E-state index contributed by atoms with van der Waals surface area (Å²) in [7, 11) is 1.55. The molecule has 0 aliphatic rings. The van der Waals surface area contributed by atoms with E-state index < -0.39 is 0 Å². The Morgan fingerprint density at radius 3 is 2.95 bits per heavy atom. The Balaban J connectivity index is 2.88. The number of nitrogen functional groups attached to an aromatic ring is 1. The Morgan fingerprint density at radius 1 is 1.63 bits per heavy atom. The summed E-state index contributed by atoms with van der Waals surface area (Å²) in [6.45, 7) is 3.77. The molecule has 0 amide bonds. The molecule has 1 rings (SSSR count). The van der Waals surface area contributed by atoms with Crippen LogP contribution < -0.4 is 15.8 Å². The van der Waals surface area contributed by atoms with Gasteiger partial charge in [-0.2, -0.15) is 4.98 Å². The summed E-state index contributed by atoms with van der Waals surface area (Å²) < 4.78 is 5.18. The fourth-order valence-electron chi connectivity index (χ4n) is 1.73. The van der Waals surface area contributed by atoms with Crippen molar-refractivity contribution in [2.24, 2.45) is 0 Å². The molecule has 1 aromatic heterocycles. The third-order valence-corrected chi connectivity index (χ3v) is 2.63. The number of aromatic nitrogens is 2. The third-order valence-electron chi connectivity index (χ3n) is 2.63. The summed E-state index contributed by atoms with van der Waals surface area (Å²) in [4.78, 5) is 8.00. The lowest BCUT2D eigenvalue weighted by atomic mass is 10.1. The van der Waals surface area contributed by atoms with E-state index in [1.807, 2.05) is 0 Å². The minimum Gasteiger partial charge on any atom is -0.513 e. The topological polar surface area (TPSA) is 93.3 Å². The number of nitrogens with two attached hydrogens (primary N) is 1. The summed E-state index contributed by atoms with van der Waals surface area (Å²) in [5.41, 5.74) is 5.58. The van der Waals surface area contributed by atoms with Crippen molar-refractivity contribution in [2.45, 2.75) is 39.2 Å². The van der Waals surface area contributed by atoms with Crippen LogP contribution in [0, 0.1) is 0 Å². The van der Waals surface area contributed by atoms with Crippen LogP contribution in [0.15, 0.2) is 18.0 Å². The van der Waals surface area contributed by atoms with Crippen molar-refractivity contribution in [3.8, 4) is 5.75 Å². The molecule has 1 atom stereocenters. The second kappa shape index (κ2) is 7.45. The van der Waals surface area contributed by atoms with E-state index in [1.54, 1.807) is 20.1 Å². The number of nitrogens with zero attached hydrogens (tertiary/aromatic N) is 2. The maximum atomic E-state index is 9.41. The predicted molar refractivity (Wildman–Crippen MR) is 76.3 cm³/mol. The molecule has 0 saturated heterocycles. The van der Waals surface area contributed by atoms with Gasteiger partial charge in [-0.1, -0.05) is 19.8 Å². The number of allylic oxidation sites excluding steroid dienone is 1. The van der Waals surface area contributed by atoms with Crippen LogP contribution in [-0.2, 0) is 0 Å². The SMILES string of the molecule is CCCC[C@@H](/C=C(\C)O)Nc1nc(N)ncc1OC. The summed E-state index contributed by atoms with van der Waals surface area (Å²) in [5, 5.41) is 12.6. The van der Waals surface area contributed by atoms with Crippen molar-refractivity contribution in [2.75, 3.05) is 18.2 Å². The van der Waals surface area contributed by atoms with Crippen LogP contribution in [0.3, 0.4) is 0 Å². The minimum atomic E-state index is -0.0202. The molecule has 6 nitrogen and oxygen atoms in total. The Kier molecular flexibility index (Phi) is 5.92. The number of aliphatic hydroxyl groups is 1. The molecular formula is C13H22N4O2. The molecule has 4 N–H and O–H groups in total. The molecule has 0 radical (unpaired) electrons. The summed E-state index contributed by atoms with van der Waals surface area (Å²) in [5.74, 6) is 1.52. The zero-order valence-corrected chi connectivity index (χ0v) is 11.7. The van der Waals surface area contributed by atoms with Crippen LogP contribution in [0.25, 0.3) is 0 Å². The Morgan fingerprint density at radius 2 is 2.37 bits per heavy atom. The van der Waals surface area contributed by atoms with Crippen LogP contribution >= 0.6 is 0 Å². The molecule has 106 valence electrons. The number of hydrogen-bond acceptors (Lipinski definition) is 6. The van der Waals surface area contributed by atoms with Gasteiger partial charge < -0.3 is 20.9 Å². The molecular weight excluding hydrogens is 244 g/mol. The van der Waals surface area contributed by atoms with Gasteiger partial charge in [-0.05, 0) is 19.4 Å². The van der Waals surface area contributed by atoms with Gasteiger partial charge in [0, 0.05) is 6.04 Å². The first-order valence-electron chi connectivity index (χ1n) is 6.37. The highest BCUT2D eigenvalue weighted by Gasteiger charge is 2.11. The summed E-state index contributed by atoms with van der Waals surface area (Å²) >= 11 is 0. The molecule has 0 aromatic carbocycles. The molecule has 6 heteroatoms. The Bertz CT molecular complexity index is 431. The van der Waals surface area contributed by atoms with Gasteiger partial charge in [0.05, 0.1) is 19.1 Å². The number of unbranched alkanes of at least 4 members (excludes halogenated alkanes) is 1. The van der Waals surface area contributed by atoms with E-state index >= 15 is 0 Å². The minimum absolute atomic E-state index is 0.0202. The number of ether oxygens (including phenoxy) is 1. The maximum Gasteiger partial charge on any atom is 0.222 e. The van der Waals surface area contributed by atoms with Gasteiger partial charge in [0.15, 0.2) is 11.6 Å². The van der Waals surface area contributed by atoms with Gasteiger partial charge in [0.2, 0.25) is 5.95 Å². The summed E-state index contributed by atoms with van der Waals surface area (Å²) in [6, 6.07) is -0.0202. The highest BCUT2D eigenvalue weighted by Crippen LogP contribution is 2.23. The van der Waals surface area contributed by atoms with Crippen molar-refractivity contribution in [1.82, 2.24) is 9.97 Å². The first-order chi connectivity index (χ1) is 9.06. The number of nitrogens with one attached hydrogen (secondary N) is 1. The van der Waals surface area contributed by atoms with E-state index in [0.29, 0.717) is 11.6 Å². The average Bonchev–Trinajstić information content (AvgIpc) is 2.35. The molecule has 0 fully saturated rings. The van der Waals surface area contributed by atoms with E-state index in [9.17, 15) is 5.11 Å². The van der Waals surface area contributed by atoms with Crippen LogP contribution in [-0.4, -0.2) is 28.2 Å². The molecule has 0 spiro atoms. The fraction of sp³-hybridized carbons (Fsp3) is 0.538. The van der Waals surface area contributed by atoms with Crippen molar-refractivity contribution >= 4 is 11.8 Å². The van der Waals surface area contributed by atoms with Gasteiger partial charge >= 0.3 is 0 Å². The molecule has 1 heterocycles. The molecule has 0 aliphatic heterocycles. The second-order valence-electron chi connectivity index (χ2n) is 4.35. The average molecular weight is 266 g/mol. The van der Waals surface area contributed by atoms with Crippen molar-refractivity contribution in [3.05, 3.63) is 18.0 Å². The number of anilines is 2. The van der Waals surface area contributed by atoms with Crippen molar-refractivity contribution in [1.29, 1.82) is 0 Å². The first-order valence-corrected chi connectivity index (χ1v) is 6.37. The van der Waals surface area contributed by atoms with E-state index in [1.165, 1.54) is 6.20 Å². The van der Waals surface area contributed by atoms with Crippen LogP contribution in [0.1, 0.15) is 33.1 Å². The number of rotatable bonds is 7. The van der Waals surface area contributed by atoms with Crippen LogP contribution in [0.4, 0.5) is 11.8 Å². The first kappa shape index (κ1) is 15.1. The normalized spacial score (nSPS) is 13.1. The monoisotopic (exact) mass is 266 g/mol. The zero-order chi connectivity index (χ0) is 14.3. The molecule has 0 bridgehead atoms. The predicted octanol–water partition coefficient (Wildman–Crippen LogP) is 2.50. The Labute approximate surface area is 113 Å². The maximum absolute atomic E-state index is 9.41. The van der Waals surface area contributed by atoms with Gasteiger partial charge in [0.25, 0.3) is 0 Å². The van der Waals surface area contributed by atoms with Gasteiger partial charge in [-0.25, -0.2) is 4.98 Å². The molecule has 0 unspecified atom stereocenters. The molecule has 1 aromatic rings. The largest absolute Gasteiger partial charge is 0.513 e. The lowest BCUT2D eigenvalue weighted by molar-refractivity contribution is 0.407. The lowest BCUT2D eigenvalue weighted by Crippen LogP contribution is -2.19. The van der Waals surface area contributed by atoms with Crippen molar-refractivity contribution < 1.29 is 9.84 Å². The second-order valence-corrected chi connectivity index (χ2v) is 4.35. The number of aliphatic hydroxyl groups excluding tert-OH is 1. The quantitative estimate of drug-likeness (QED) is 0.656. The standard InChI is InChI=1S/C13H22N4O2/c1-4-5-6-10(7-9(2)18)16-12-11(19-3)8-15-13(14)17-12/h7-8,10,18H,4-6H2,1-3H3,(H3,14,15,16,17)/b9-7+/t10-/m0/s1.